The summed E-state index contributed by atoms with van der Waals surface area (Å²) in [7, 11) is 0. The van der Waals surface area contributed by atoms with Crippen molar-refractivity contribution >= 4 is 32.3 Å². The number of nitriles is 2. The first-order valence-corrected chi connectivity index (χ1v) is 9.96. The highest BCUT2D eigenvalue weighted by atomic mass is 32.1. The van der Waals surface area contributed by atoms with E-state index in [1.54, 1.807) is 22.7 Å². The Hall–Kier alpha value is -1.50. The molecule has 0 atom stereocenters. The molecule has 4 nitrogen and oxygen atoms in total. The van der Waals surface area contributed by atoms with Gasteiger partial charge < -0.3 is 0 Å². The molecule has 0 fully saturated rings. The van der Waals surface area contributed by atoms with Crippen molar-refractivity contribution in [2.24, 2.45) is 0 Å². The number of thiazole rings is 2. The third kappa shape index (κ3) is 4.32. The summed E-state index contributed by atoms with van der Waals surface area (Å²) in [5.74, 6) is 0. The summed E-state index contributed by atoms with van der Waals surface area (Å²) in [5.41, 5.74) is -0.0190. The maximum Gasteiger partial charge on any atom is 0.155 e. The van der Waals surface area contributed by atoms with Crippen molar-refractivity contribution < 1.29 is 0 Å². The topological polar surface area (TPSA) is 73.4 Å². The third-order valence-electron chi connectivity index (χ3n) is 4.31. The molecule has 0 aliphatic heterocycles. The average Bonchev–Trinajstić information content (AvgIpc) is 3.06. The average molecular weight is 361 g/mol. The molecule has 0 aliphatic carbocycles. The van der Waals surface area contributed by atoms with Gasteiger partial charge in [0.1, 0.15) is 10.0 Å². The standard InChI is InChI=1S/C18H24N4S2/c1-17(2,9-5-7-11-19)15-21-13-14(23-15)22-16(24-13)18(3,4)10-6-8-12-20/h5-10H2,1-4H3. The minimum Gasteiger partial charge on any atom is -0.228 e. The monoisotopic (exact) mass is 360 g/mol. The van der Waals surface area contributed by atoms with E-state index in [1.807, 2.05) is 0 Å². The molecule has 0 aromatic carbocycles. The number of nitrogens with zero attached hydrogens (tertiary/aromatic N) is 4. The summed E-state index contributed by atoms with van der Waals surface area (Å²) in [4.78, 5) is 11.7. The molecule has 128 valence electrons. The largest absolute Gasteiger partial charge is 0.228 e. The minimum atomic E-state index is -0.00951. The highest BCUT2D eigenvalue weighted by molar-refractivity contribution is 7.26. The van der Waals surface area contributed by atoms with Gasteiger partial charge in [0.25, 0.3) is 0 Å². The second-order valence-electron chi connectivity index (χ2n) is 7.44. The molecule has 2 aromatic heterocycles. The number of aromatic nitrogens is 2. The lowest BCUT2D eigenvalue weighted by atomic mass is 9.88. The third-order valence-corrected chi connectivity index (χ3v) is 7.07. The van der Waals surface area contributed by atoms with Crippen molar-refractivity contribution in [3.05, 3.63) is 10.0 Å². The molecule has 24 heavy (non-hydrogen) atoms. The predicted molar refractivity (Wildman–Crippen MR) is 100 cm³/mol. The SMILES string of the molecule is CC(C)(CCCC#N)c1nc2sc(C(C)(C)CCCC#N)nc2s1. The zero-order chi connectivity index (χ0) is 17.8. The molecule has 2 aromatic rings. The molecular weight excluding hydrogens is 336 g/mol. The van der Waals surface area contributed by atoms with Crippen molar-refractivity contribution in [3.63, 3.8) is 0 Å². The predicted octanol–water partition coefficient (Wildman–Crippen LogP) is 5.70. The first-order valence-electron chi connectivity index (χ1n) is 8.32. The molecule has 0 spiro atoms. The number of rotatable bonds is 8. The number of unbranched alkanes of at least 4 members (excludes halogenated alkanes) is 2. The Morgan fingerprint density at radius 2 is 1.17 bits per heavy atom. The van der Waals surface area contributed by atoms with Gasteiger partial charge in [0.15, 0.2) is 9.66 Å². The Morgan fingerprint density at radius 1 is 0.792 bits per heavy atom. The van der Waals surface area contributed by atoms with Crippen LogP contribution in [0.5, 0.6) is 0 Å². The lowest BCUT2D eigenvalue weighted by Crippen LogP contribution is -2.17. The normalized spacial score (nSPS) is 12.2. The van der Waals surface area contributed by atoms with E-state index in [1.165, 1.54) is 0 Å². The van der Waals surface area contributed by atoms with Gasteiger partial charge in [0, 0.05) is 23.7 Å². The Labute approximate surface area is 152 Å². The molecular formula is C18H24N4S2. The van der Waals surface area contributed by atoms with E-state index < -0.39 is 0 Å². The van der Waals surface area contributed by atoms with Gasteiger partial charge in [-0.3, -0.25) is 0 Å². The first kappa shape index (κ1) is 18.8. The molecule has 0 saturated heterocycles. The van der Waals surface area contributed by atoms with Crippen LogP contribution in [0.25, 0.3) is 9.66 Å². The fourth-order valence-electron chi connectivity index (χ4n) is 2.65. The van der Waals surface area contributed by atoms with Crippen molar-refractivity contribution in [2.45, 2.75) is 77.0 Å². The maximum absolute atomic E-state index is 8.71. The molecule has 0 aliphatic rings. The van der Waals surface area contributed by atoms with E-state index in [-0.39, 0.29) is 10.8 Å². The van der Waals surface area contributed by atoms with Gasteiger partial charge in [0.05, 0.1) is 12.1 Å². The van der Waals surface area contributed by atoms with Crippen LogP contribution in [0, 0.1) is 22.7 Å². The summed E-state index contributed by atoms with van der Waals surface area (Å²) in [6, 6.07) is 4.42. The van der Waals surface area contributed by atoms with Crippen LogP contribution in [-0.4, -0.2) is 9.97 Å². The minimum absolute atomic E-state index is 0.00951. The molecule has 2 heterocycles. The molecule has 0 radical (unpaired) electrons. The number of fused-ring (bicyclic) bond motifs is 1. The highest BCUT2D eigenvalue weighted by Gasteiger charge is 2.29. The van der Waals surface area contributed by atoms with Crippen LogP contribution in [0.15, 0.2) is 0 Å². The van der Waals surface area contributed by atoms with Crippen LogP contribution in [0.2, 0.25) is 0 Å². The summed E-state index contributed by atoms with van der Waals surface area (Å²) >= 11 is 3.36. The quantitative estimate of drug-likeness (QED) is 0.566. The molecule has 0 unspecified atom stereocenters. The van der Waals surface area contributed by atoms with Crippen molar-refractivity contribution in [3.8, 4) is 12.1 Å². The first-order chi connectivity index (χ1) is 11.3. The van der Waals surface area contributed by atoms with Gasteiger partial charge in [-0.2, -0.15) is 10.5 Å². The number of hydrogen-bond donors (Lipinski definition) is 0. The second kappa shape index (κ2) is 7.59. The lowest BCUT2D eigenvalue weighted by molar-refractivity contribution is 0.462. The summed E-state index contributed by atoms with van der Waals surface area (Å²) in [6.45, 7) is 8.78. The van der Waals surface area contributed by atoms with Crippen LogP contribution in [-0.2, 0) is 10.8 Å². The van der Waals surface area contributed by atoms with Crippen molar-refractivity contribution in [2.75, 3.05) is 0 Å². The van der Waals surface area contributed by atoms with E-state index >= 15 is 0 Å². The van der Waals surface area contributed by atoms with Gasteiger partial charge >= 0.3 is 0 Å². The second-order valence-corrected chi connectivity index (χ2v) is 9.39. The van der Waals surface area contributed by atoms with Crippen LogP contribution >= 0.6 is 22.7 Å². The molecule has 0 amide bonds. The highest BCUT2D eigenvalue weighted by Crippen LogP contribution is 2.40. The molecule has 0 N–H and O–H groups in total. The van der Waals surface area contributed by atoms with Gasteiger partial charge in [0.2, 0.25) is 0 Å². The molecule has 2 rings (SSSR count). The summed E-state index contributed by atoms with van der Waals surface area (Å²) in [6.07, 6.45) is 4.94. The van der Waals surface area contributed by atoms with Gasteiger partial charge in [-0.05, 0) is 25.7 Å². The Balaban J connectivity index is 2.16. The smallest absolute Gasteiger partial charge is 0.155 e. The zero-order valence-corrected chi connectivity index (χ0v) is 16.5. The Morgan fingerprint density at radius 3 is 1.50 bits per heavy atom. The van der Waals surface area contributed by atoms with E-state index in [0.717, 1.165) is 45.4 Å². The van der Waals surface area contributed by atoms with Gasteiger partial charge in [-0.25, -0.2) is 9.97 Å². The van der Waals surface area contributed by atoms with E-state index in [2.05, 4.69) is 39.8 Å². The van der Waals surface area contributed by atoms with E-state index in [4.69, 9.17) is 20.5 Å². The van der Waals surface area contributed by atoms with Crippen LogP contribution in [0.1, 0.15) is 76.2 Å². The van der Waals surface area contributed by atoms with E-state index in [9.17, 15) is 0 Å². The molecule has 0 saturated carbocycles. The van der Waals surface area contributed by atoms with Gasteiger partial charge in [-0.1, -0.05) is 50.4 Å². The number of hydrogen-bond acceptors (Lipinski definition) is 6. The molecule has 6 heteroatoms. The van der Waals surface area contributed by atoms with Gasteiger partial charge in [-0.15, -0.1) is 0 Å². The fraction of sp³-hybridized carbons (Fsp3) is 0.667. The maximum atomic E-state index is 8.71. The van der Waals surface area contributed by atoms with Crippen molar-refractivity contribution in [1.82, 2.24) is 9.97 Å². The van der Waals surface area contributed by atoms with Crippen LogP contribution in [0.4, 0.5) is 0 Å². The molecule has 0 bridgehead atoms. The fourth-order valence-corrected chi connectivity index (χ4v) is 4.96. The van der Waals surface area contributed by atoms with Crippen LogP contribution < -0.4 is 0 Å². The van der Waals surface area contributed by atoms with Crippen LogP contribution in [0.3, 0.4) is 0 Å². The summed E-state index contributed by atoms with van der Waals surface area (Å²) < 4.78 is 0. The zero-order valence-electron chi connectivity index (χ0n) is 14.8. The Bertz CT molecular complexity index is 678. The Kier molecular flexibility index (Phi) is 5.96. The lowest BCUT2D eigenvalue weighted by Gasteiger charge is -2.21. The summed E-state index contributed by atoms with van der Waals surface area (Å²) in [5, 5.41) is 19.6. The van der Waals surface area contributed by atoms with Crippen molar-refractivity contribution in [1.29, 1.82) is 10.5 Å². The van der Waals surface area contributed by atoms with E-state index in [0.29, 0.717) is 12.8 Å².